The van der Waals surface area contributed by atoms with Crippen molar-refractivity contribution in [2.75, 3.05) is 19.5 Å². The number of fused-ring (bicyclic) bond motifs is 1. The summed E-state index contributed by atoms with van der Waals surface area (Å²) in [6.07, 6.45) is 5.75. The zero-order valence-corrected chi connectivity index (χ0v) is 20.7. The number of aromatic nitrogens is 4. The van der Waals surface area contributed by atoms with Crippen molar-refractivity contribution in [3.05, 3.63) is 84.4 Å². The number of anilines is 1. The summed E-state index contributed by atoms with van der Waals surface area (Å²) in [4.78, 5) is 21.4. The van der Waals surface area contributed by atoms with Gasteiger partial charge in [-0.25, -0.2) is 4.98 Å². The lowest BCUT2D eigenvalue weighted by Crippen LogP contribution is -2.12. The first-order valence-electron chi connectivity index (χ1n) is 11.5. The van der Waals surface area contributed by atoms with E-state index in [1.165, 1.54) is 42.6 Å². The Balaban J connectivity index is 1.61. The van der Waals surface area contributed by atoms with Crippen LogP contribution in [0.2, 0.25) is 0 Å². The zero-order valence-electron chi connectivity index (χ0n) is 20.7. The Bertz CT molecular complexity index is 1740. The molecular weight excluding hydrogens is 500 g/mol. The van der Waals surface area contributed by atoms with E-state index in [1.54, 1.807) is 49.6 Å². The normalized spacial score (nSPS) is 10.9. The van der Waals surface area contributed by atoms with Gasteiger partial charge in [-0.3, -0.25) is 9.78 Å². The summed E-state index contributed by atoms with van der Waals surface area (Å²) in [5.74, 6) is 0.609. The van der Waals surface area contributed by atoms with Crippen molar-refractivity contribution < 1.29 is 19.4 Å². The minimum atomic E-state index is -0.568. The number of phenols is 1. The number of aromatic hydroxyl groups is 1. The fraction of sp³-hybridized carbons (Fsp3) is 0.0741. The molecule has 5 aromatic rings. The van der Waals surface area contributed by atoms with Gasteiger partial charge in [0.2, 0.25) is 0 Å². The van der Waals surface area contributed by atoms with Gasteiger partial charge in [-0.1, -0.05) is 0 Å². The molecule has 0 spiro atoms. The van der Waals surface area contributed by atoms with Crippen LogP contribution in [0.25, 0.3) is 16.6 Å². The van der Waals surface area contributed by atoms with Crippen LogP contribution in [0, 0.1) is 11.3 Å². The minimum Gasteiger partial charge on any atom is -0.505 e. The molecular formula is C27H20N8O4. The Morgan fingerprint density at radius 3 is 2.49 bits per heavy atom. The number of ether oxygens (including phenoxy) is 2. The molecule has 0 unspecified atom stereocenters. The molecule has 0 radical (unpaired) electrons. The molecule has 0 saturated carbocycles. The molecule has 192 valence electrons. The number of phenolic OH excluding ortho intramolecular Hbond substituents is 1. The predicted molar refractivity (Wildman–Crippen MR) is 141 cm³/mol. The number of nitrogens with zero attached hydrogens (tertiary/aromatic N) is 7. The number of amides is 1. The highest BCUT2D eigenvalue weighted by molar-refractivity contribution is 6.11. The first-order chi connectivity index (χ1) is 19.0. The molecule has 2 heterocycles. The standard InChI is InChI=1S/C27H20N8O4/c1-38-19-5-3-18(4-6-19)32-27(37)22-12-16-11-20(39-2)7-8-21(16)24(25(22)36)33-34-26-17(13-28)14-31-35(26)23-15-29-9-10-30-23/h3-12,14-15,36H,1-2H3,(H,32,37). The molecule has 0 bridgehead atoms. The number of carbonyl (C=O) groups excluding carboxylic acids is 1. The predicted octanol–water partition coefficient (Wildman–Crippen LogP) is 5.08. The maximum Gasteiger partial charge on any atom is 0.259 e. The molecule has 0 saturated heterocycles. The van der Waals surface area contributed by atoms with E-state index < -0.39 is 11.7 Å². The molecule has 2 aromatic heterocycles. The summed E-state index contributed by atoms with van der Waals surface area (Å²) in [5.41, 5.74) is 0.609. The third-order valence-electron chi connectivity index (χ3n) is 5.76. The fourth-order valence-electron chi connectivity index (χ4n) is 3.81. The molecule has 0 aliphatic heterocycles. The van der Waals surface area contributed by atoms with Crippen molar-refractivity contribution in [3.8, 4) is 29.1 Å². The first-order valence-corrected chi connectivity index (χ1v) is 11.5. The van der Waals surface area contributed by atoms with E-state index in [9.17, 15) is 15.2 Å². The average Bonchev–Trinajstić information content (AvgIpc) is 3.39. The number of nitrogens with one attached hydrogen (secondary N) is 1. The summed E-state index contributed by atoms with van der Waals surface area (Å²) in [5, 5.41) is 37.3. The van der Waals surface area contributed by atoms with Gasteiger partial charge in [0.25, 0.3) is 5.91 Å². The Hall–Kier alpha value is -5.83. The third-order valence-corrected chi connectivity index (χ3v) is 5.76. The van der Waals surface area contributed by atoms with Crippen molar-refractivity contribution in [2.24, 2.45) is 10.2 Å². The second-order valence-electron chi connectivity index (χ2n) is 8.06. The summed E-state index contributed by atoms with van der Waals surface area (Å²) < 4.78 is 11.8. The summed E-state index contributed by atoms with van der Waals surface area (Å²) in [6.45, 7) is 0. The second-order valence-corrected chi connectivity index (χ2v) is 8.06. The minimum absolute atomic E-state index is 0.0193. The van der Waals surface area contributed by atoms with Gasteiger partial charge in [0.15, 0.2) is 17.4 Å². The molecule has 39 heavy (non-hydrogen) atoms. The lowest BCUT2D eigenvalue weighted by molar-refractivity contribution is 0.102. The van der Waals surface area contributed by atoms with Crippen LogP contribution >= 0.6 is 0 Å². The largest absolute Gasteiger partial charge is 0.505 e. The Kier molecular flexibility index (Phi) is 6.79. The van der Waals surface area contributed by atoms with E-state index in [-0.39, 0.29) is 22.6 Å². The number of benzene rings is 3. The highest BCUT2D eigenvalue weighted by atomic mass is 16.5. The van der Waals surface area contributed by atoms with Gasteiger partial charge in [0, 0.05) is 23.5 Å². The zero-order chi connectivity index (χ0) is 27.4. The number of nitriles is 1. The fourth-order valence-corrected chi connectivity index (χ4v) is 3.81. The van der Waals surface area contributed by atoms with E-state index in [0.717, 1.165) is 0 Å². The summed E-state index contributed by atoms with van der Waals surface area (Å²) >= 11 is 0. The third kappa shape index (κ3) is 4.92. The van der Waals surface area contributed by atoms with Gasteiger partial charge in [-0.15, -0.1) is 10.2 Å². The maximum absolute atomic E-state index is 13.2. The van der Waals surface area contributed by atoms with Crippen LogP contribution in [0.5, 0.6) is 17.2 Å². The average molecular weight is 521 g/mol. The Labute approximate surface area is 221 Å². The number of rotatable bonds is 7. The molecule has 0 atom stereocenters. The Morgan fingerprint density at radius 1 is 1.03 bits per heavy atom. The lowest BCUT2D eigenvalue weighted by Gasteiger charge is -2.12. The van der Waals surface area contributed by atoms with Crippen LogP contribution in [0.1, 0.15) is 15.9 Å². The van der Waals surface area contributed by atoms with Crippen LogP contribution in [0.4, 0.5) is 17.2 Å². The van der Waals surface area contributed by atoms with E-state index in [4.69, 9.17) is 9.47 Å². The maximum atomic E-state index is 13.2. The number of hydrogen-bond donors (Lipinski definition) is 2. The molecule has 0 aliphatic rings. The smallest absolute Gasteiger partial charge is 0.259 e. The van der Waals surface area contributed by atoms with Gasteiger partial charge in [0.1, 0.15) is 28.8 Å². The number of azo groups is 1. The number of methoxy groups -OCH3 is 2. The molecule has 12 heteroatoms. The molecule has 3 aromatic carbocycles. The van der Waals surface area contributed by atoms with Gasteiger partial charge < -0.3 is 19.9 Å². The van der Waals surface area contributed by atoms with Crippen molar-refractivity contribution in [2.45, 2.75) is 0 Å². The van der Waals surface area contributed by atoms with Gasteiger partial charge in [-0.2, -0.15) is 15.0 Å². The van der Waals surface area contributed by atoms with E-state index in [2.05, 4.69) is 30.6 Å². The molecule has 12 nitrogen and oxygen atoms in total. The van der Waals surface area contributed by atoms with Crippen molar-refractivity contribution in [1.29, 1.82) is 5.26 Å². The summed E-state index contributed by atoms with van der Waals surface area (Å²) in [7, 11) is 3.07. The molecule has 5 rings (SSSR count). The van der Waals surface area contributed by atoms with E-state index in [0.29, 0.717) is 33.8 Å². The molecule has 0 aliphatic carbocycles. The number of carbonyl (C=O) groups is 1. The number of hydrogen-bond acceptors (Lipinski definition) is 10. The van der Waals surface area contributed by atoms with Crippen LogP contribution in [-0.4, -0.2) is 45.0 Å². The molecule has 1 amide bonds. The van der Waals surface area contributed by atoms with Gasteiger partial charge in [0.05, 0.1) is 32.2 Å². The van der Waals surface area contributed by atoms with Gasteiger partial charge in [-0.05, 0) is 53.9 Å². The van der Waals surface area contributed by atoms with E-state index in [1.807, 2.05) is 6.07 Å². The van der Waals surface area contributed by atoms with Crippen LogP contribution in [-0.2, 0) is 0 Å². The lowest BCUT2D eigenvalue weighted by atomic mass is 10.0. The van der Waals surface area contributed by atoms with E-state index >= 15 is 0 Å². The SMILES string of the molecule is COc1ccc(NC(=O)c2cc3cc(OC)ccc3c(N=Nc3c(C#N)cnn3-c3cnccn3)c2O)cc1. The quantitative estimate of drug-likeness (QED) is 0.281. The van der Waals surface area contributed by atoms with Gasteiger partial charge >= 0.3 is 0 Å². The second kappa shape index (κ2) is 10.7. The van der Waals surface area contributed by atoms with Crippen LogP contribution in [0.15, 0.2) is 83.5 Å². The highest BCUT2D eigenvalue weighted by Gasteiger charge is 2.20. The van der Waals surface area contributed by atoms with Crippen LogP contribution < -0.4 is 14.8 Å². The highest BCUT2D eigenvalue weighted by Crippen LogP contribution is 2.41. The molecule has 2 N–H and O–H groups in total. The molecule has 0 fully saturated rings. The van der Waals surface area contributed by atoms with Crippen molar-refractivity contribution in [3.63, 3.8) is 0 Å². The van der Waals surface area contributed by atoms with Crippen LogP contribution in [0.3, 0.4) is 0 Å². The first kappa shape index (κ1) is 24.8. The summed E-state index contributed by atoms with van der Waals surface area (Å²) in [6, 6.07) is 15.4. The van der Waals surface area contributed by atoms with Crippen molar-refractivity contribution >= 4 is 33.9 Å². The monoisotopic (exact) mass is 520 g/mol. The van der Waals surface area contributed by atoms with Crippen molar-refractivity contribution in [1.82, 2.24) is 19.7 Å². The Morgan fingerprint density at radius 2 is 1.79 bits per heavy atom. The topological polar surface area (TPSA) is 160 Å².